The lowest BCUT2D eigenvalue weighted by molar-refractivity contribution is 0.0461. The van der Waals surface area contributed by atoms with Gasteiger partial charge < -0.3 is 14.8 Å². The molecular formula is C17H23NO4. The van der Waals surface area contributed by atoms with E-state index >= 15 is 0 Å². The van der Waals surface area contributed by atoms with Crippen molar-refractivity contribution in [3.05, 3.63) is 29.8 Å². The van der Waals surface area contributed by atoms with Crippen LogP contribution in [0.25, 0.3) is 0 Å². The van der Waals surface area contributed by atoms with Crippen molar-refractivity contribution >= 4 is 11.9 Å². The zero-order valence-corrected chi connectivity index (χ0v) is 13.5. The molecule has 1 aromatic carbocycles. The average molecular weight is 305 g/mol. The van der Waals surface area contributed by atoms with Crippen LogP contribution in [0.4, 0.5) is 4.79 Å². The third kappa shape index (κ3) is 3.78. The second-order valence-corrected chi connectivity index (χ2v) is 6.44. The number of hydrogen-bond donors (Lipinski definition) is 1. The van der Waals surface area contributed by atoms with Gasteiger partial charge in [-0.3, -0.25) is 4.79 Å². The predicted molar refractivity (Wildman–Crippen MR) is 83.2 cm³/mol. The van der Waals surface area contributed by atoms with Crippen molar-refractivity contribution in [3.63, 3.8) is 0 Å². The molecule has 0 aliphatic carbocycles. The number of Topliss-reactive ketones (excluding diaryl/α,β-unsaturated/α-hetero) is 1. The molecule has 22 heavy (non-hydrogen) atoms. The van der Waals surface area contributed by atoms with Crippen LogP contribution in [-0.2, 0) is 4.74 Å². The number of ether oxygens (including phenoxy) is 2. The van der Waals surface area contributed by atoms with E-state index in [1.54, 1.807) is 32.9 Å². The number of carbonyl (C=O) groups is 2. The SMILES string of the molecule is CCC(NC(=O)OC(C)(C)C)C1COc2ccccc2C1=O. The van der Waals surface area contributed by atoms with Crippen molar-refractivity contribution < 1.29 is 19.1 Å². The van der Waals surface area contributed by atoms with E-state index in [0.29, 0.717) is 17.7 Å². The van der Waals surface area contributed by atoms with Gasteiger partial charge in [-0.25, -0.2) is 4.79 Å². The monoisotopic (exact) mass is 305 g/mol. The fourth-order valence-corrected chi connectivity index (χ4v) is 2.50. The van der Waals surface area contributed by atoms with Gasteiger partial charge >= 0.3 is 6.09 Å². The largest absolute Gasteiger partial charge is 0.492 e. The van der Waals surface area contributed by atoms with Crippen LogP contribution in [0.3, 0.4) is 0 Å². The number of nitrogens with one attached hydrogen (secondary N) is 1. The molecule has 0 saturated heterocycles. The number of hydrogen-bond acceptors (Lipinski definition) is 4. The van der Waals surface area contributed by atoms with Gasteiger partial charge in [0.15, 0.2) is 5.78 Å². The van der Waals surface area contributed by atoms with Crippen LogP contribution in [0.1, 0.15) is 44.5 Å². The Morgan fingerprint density at radius 3 is 2.73 bits per heavy atom. The molecular weight excluding hydrogens is 282 g/mol. The van der Waals surface area contributed by atoms with Gasteiger partial charge in [-0.15, -0.1) is 0 Å². The molecule has 0 aromatic heterocycles. The van der Waals surface area contributed by atoms with Gasteiger partial charge in [0, 0.05) is 6.04 Å². The van der Waals surface area contributed by atoms with E-state index in [9.17, 15) is 9.59 Å². The molecule has 0 radical (unpaired) electrons. The number of fused-ring (bicyclic) bond motifs is 1. The summed E-state index contributed by atoms with van der Waals surface area (Å²) in [6.07, 6.45) is 0.118. The summed E-state index contributed by atoms with van der Waals surface area (Å²) in [7, 11) is 0. The first-order chi connectivity index (χ1) is 10.3. The Bertz CT molecular complexity index is 562. The van der Waals surface area contributed by atoms with Crippen LogP contribution < -0.4 is 10.1 Å². The highest BCUT2D eigenvalue weighted by Gasteiger charge is 2.35. The first-order valence-corrected chi connectivity index (χ1v) is 7.57. The number of rotatable bonds is 3. The van der Waals surface area contributed by atoms with E-state index in [1.165, 1.54) is 0 Å². The number of benzene rings is 1. The van der Waals surface area contributed by atoms with E-state index in [-0.39, 0.29) is 18.4 Å². The fraction of sp³-hybridized carbons (Fsp3) is 0.529. The Balaban J connectivity index is 2.09. The summed E-state index contributed by atoms with van der Waals surface area (Å²) in [6, 6.07) is 6.87. The Morgan fingerprint density at radius 1 is 1.41 bits per heavy atom. The Kier molecular flexibility index (Phi) is 4.74. The van der Waals surface area contributed by atoms with Crippen molar-refractivity contribution in [2.24, 2.45) is 5.92 Å². The Morgan fingerprint density at radius 2 is 2.09 bits per heavy atom. The molecule has 1 amide bonds. The molecule has 0 saturated carbocycles. The Labute approximate surface area is 131 Å². The van der Waals surface area contributed by atoms with Gasteiger partial charge in [0.25, 0.3) is 0 Å². The van der Waals surface area contributed by atoms with Gasteiger partial charge in [-0.2, -0.15) is 0 Å². The smallest absolute Gasteiger partial charge is 0.407 e. The van der Waals surface area contributed by atoms with Crippen LogP contribution in [0, 0.1) is 5.92 Å². The van der Waals surface area contributed by atoms with Crippen LogP contribution >= 0.6 is 0 Å². The topological polar surface area (TPSA) is 64.6 Å². The van der Waals surface area contributed by atoms with E-state index in [2.05, 4.69) is 5.32 Å². The number of para-hydroxylation sites is 1. The molecule has 0 fully saturated rings. The minimum absolute atomic E-state index is 0.00441. The van der Waals surface area contributed by atoms with Crippen molar-refractivity contribution in [1.29, 1.82) is 0 Å². The molecule has 0 bridgehead atoms. The van der Waals surface area contributed by atoms with Crippen LogP contribution in [0.15, 0.2) is 24.3 Å². The predicted octanol–water partition coefficient (Wildman–Crippen LogP) is 3.18. The zero-order chi connectivity index (χ0) is 16.3. The van der Waals surface area contributed by atoms with Crippen LogP contribution in [-0.4, -0.2) is 30.1 Å². The molecule has 0 spiro atoms. The summed E-state index contributed by atoms with van der Waals surface area (Å²) in [6.45, 7) is 7.61. The van der Waals surface area contributed by atoms with Crippen LogP contribution in [0.5, 0.6) is 5.75 Å². The van der Waals surface area contributed by atoms with Crippen molar-refractivity contribution in [2.45, 2.75) is 45.8 Å². The lowest BCUT2D eigenvalue weighted by Crippen LogP contribution is -2.48. The van der Waals surface area contributed by atoms with Crippen molar-refractivity contribution in [1.82, 2.24) is 5.32 Å². The zero-order valence-electron chi connectivity index (χ0n) is 13.5. The number of carbonyl (C=O) groups excluding carboxylic acids is 2. The summed E-state index contributed by atoms with van der Waals surface area (Å²) < 4.78 is 10.9. The third-order valence-electron chi connectivity index (χ3n) is 3.54. The Hall–Kier alpha value is -2.04. The molecule has 1 aliphatic rings. The molecule has 1 heterocycles. The summed E-state index contributed by atoms with van der Waals surface area (Å²) in [4.78, 5) is 24.5. The number of ketones is 1. The minimum Gasteiger partial charge on any atom is -0.492 e. The lowest BCUT2D eigenvalue weighted by Gasteiger charge is -2.31. The molecule has 120 valence electrons. The summed E-state index contributed by atoms with van der Waals surface area (Å²) >= 11 is 0. The molecule has 1 aliphatic heterocycles. The highest BCUT2D eigenvalue weighted by atomic mass is 16.6. The summed E-state index contributed by atoms with van der Waals surface area (Å²) in [5.74, 6) is 0.216. The second kappa shape index (κ2) is 6.38. The molecule has 2 atom stereocenters. The van der Waals surface area contributed by atoms with E-state index in [4.69, 9.17) is 9.47 Å². The maximum atomic E-state index is 12.6. The summed E-state index contributed by atoms with van der Waals surface area (Å²) in [5, 5.41) is 2.79. The van der Waals surface area contributed by atoms with E-state index < -0.39 is 17.6 Å². The summed E-state index contributed by atoms with van der Waals surface area (Å²) in [5.41, 5.74) is 0.00498. The van der Waals surface area contributed by atoms with Gasteiger partial charge in [-0.05, 0) is 39.3 Å². The van der Waals surface area contributed by atoms with Gasteiger partial charge in [0.05, 0.1) is 11.5 Å². The van der Waals surface area contributed by atoms with E-state index in [0.717, 1.165) is 0 Å². The molecule has 1 N–H and O–H groups in total. The standard InChI is InChI=1S/C17H23NO4/c1-5-13(18-16(20)22-17(2,3)4)12-10-21-14-9-7-6-8-11(14)15(12)19/h6-9,12-13H,5,10H2,1-4H3,(H,18,20). The first-order valence-electron chi connectivity index (χ1n) is 7.57. The van der Waals surface area contributed by atoms with Crippen LogP contribution in [0.2, 0.25) is 0 Å². The van der Waals surface area contributed by atoms with Gasteiger partial charge in [0.1, 0.15) is 18.0 Å². The molecule has 2 unspecified atom stereocenters. The first kappa shape index (κ1) is 16.3. The second-order valence-electron chi connectivity index (χ2n) is 6.44. The highest BCUT2D eigenvalue weighted by Crippen LogP contribution is 2.29. The maximum absolute atomic E-state index is 12.6. The molecule has 5 nitrogen and oxygen atoms in total. The normalized spacial score (nSPS) is 18.9. The fourth-order valence-electron chi connectivity index (χ4n) is 2.50. The van der Waals surface area contributed by atoms with Crippen molar-refractivity contribution in [3.8, 4) is 5.75 Å². The lowest BCUT2D eigenvalue weighted by atomic mass is 9.88. The molecule has 1 aromatic rings. The van der Waals surface area contributed by atoms with E-state index in [1.807, 2.05) is 19.1 Å². The van der Waals surface area contributed by atoms with Gasteiger partial charge in [0.2, 0.25) is 0 Å². The quantitative estimate of drug-likeness (QED) is 0.931. The minimum atomic E-state index is -0.567. The number of amides is 1. The van der Waals surface area contributed by atoms with Crippen molar-refractivity contribution in [2.75, 3.05) is 6.61 Å². The molecule has 2 rings (SSSR count). The number of alkyl carbamates (subject to hydrolysis) is 1. The third-order valence-corrected chi connectivity index (χ3v) is 3.54. The average Bonchev–Trinajstić information content (AvgIpc) is 2.44. The maximum Gasteiger partial charge on any atom is 0.407 e. The van der Waals surface area contributed by atoms with Gasteiger partial charge in [-0.1, -0.05) is 19.1 Å². The molecule has 5 heteroatoms. The highest BCUT2D eigenvalue weighted by molar-refractivity contribution is 6.01.